The maximum atomic E-state index is 12.6. The summed E-state index contributed by atoms with van der Waals surface area (Å²) >= 11 is 0. The number of rotatable bonds is 6. The highest BCUT2D eigenvalue weighted by atomic mass is 16.2. The van der Waals surface area contributed by atoms with E-state index in [1.165, 1.54) is 55.5 Å². The summed E-state index contributed by atoms with van der Waals surface area (Å²) in [6, 6.07) is 12.6. The summed E-state index contributed by atoms with van der Waals surface area (Å²) in [5, 5.41) is 3.17. The number of likely N-dealkylation sites (tertiary alicyclic amines) is 1. The highest BCUT2D eigenvalue weighted by molar-refractivity contribution is 5.82. The van der Waals surface area contributed by atoms with Gasteiger partial charge in [0.05, 0.1) is 0 Å². The summed E-state index contributed by atoms with van der Waals surface area (Å²) in [5.74, 6) is 0.617. The van der Waals surface area contributed by atoms with Gasteiger partial charge in [-0.1, -0.05) is 43.2 Å². The molecule has 1 aliphatic carbocycles. The van der Waals surface area contributed by atoms with Crippen LogP contribution in [0.25, 0.3) is 0 Å². The van der Waals surface area contributed by atoms with Crippen LogP contribution in [0, 0.1) is 5.92 Å². The topological polar surface area (TPSA) is 45.2 Å². The third-order valence-corrected chi connectivity index (χ3v) is 5.90. The quantitative estimate of drug-likeness (QED) is 0.847. The largest absolute Gasteiger partial charge is 0.352 e. The Bertz CT molecular complexity index is 753. The van der Waals surface area contributed by atoms with Crippen LogP contribution in [0.5, 0.6) is 0 Å². The molecule has 0 bridgehead atoms. The van der Waals surface area contributed by atoms with Gasteiger partial charge in [0.1, 0.15) is 0 Å². The number of hydrogen-bond acceptors (Lipinski definition) is 3. The zero-order chi connectivity index (χ0) is 18.5. The molecule has 1 N–H and O–H groups in total. The van der Waals surface area contributed by atoms with E-state index in [2.05, 4.69) is 45.5 Å². The van der Waals surface area contributed by atoms with E-state index in [1.54, 1.807) is 6.20 Å². The number of nitrogens with one attached hydrogen (secondary N) is 1. The van der Waals surface area contributed by atoms with E-state index in [-0.39, 0.29) is 11.8 Å². The normalized spacial score (nSPS) is 22.8. The lowest BCUT2D eigenvalue weighted by Gasteiger charge is -2.21. The molecular weight excluding hydrogens is 334 g/mol. The third-order valence-electron chi connectivity index (χ3n) is 5.90. The van der Waals surface area contributed by atoms with E-state index < -0.39 is 0 Å². The van der Waals surface area contributed by atoms with Crippen LogP contribution in [0.3, 0.4) is 0 Å². The fourth-order valence-corrected chi connectivity index (χ4v) is 4.18. The molecule has 4 nitrogen and oxygen atoms in total. The summed E-state index contributed by atoms with van der Waals surface area (Å²) in [5.41, 5.74) is 3.77. The van der Waals surface area contributed by atoms with Crippen molar-refractivity contribution in [1.29, 1.82) is 0 Å². The van der Waals surface area contributed by atoms with Gasteiger partial charge in [-0.3, -0.25) is 14.7 Å². The minimum absolute atomic E-state index is 0.104. The lowest BCUT2D eigenvalue weighted by Crippen LogP contribution is -2.27. The second-order valence-corrected chi connectivity index (χ2v) is 7.91. The van der Waals surface area contributed by atoms with Crippen LogP contribution in [0.15, 0.2) is 48.8 Å². The molecule has 2 fully saturated rings. The number of carbonyl (C=O) groups excluding carboxylic acids is 1. The van der Waals surface area contributed by atoms with E-state index in [4.69, 9.17) is 0 Å². The van der Waals surface area contributed by atoms with Crippen LogP contribution in [-0.4, -0.2) is 28.9 Å². The molecule has 1 aliphatic heterocycles. The summed E-state index contributed by atoms with van der Waals surface area (Å²) in [6.45, 7) is 4.00. The van der Waals surface area contributed by atoms with Crippen LogP contribution >= 0.6 is 0 Å². The van der Waals surface area contributed by atoms with Gasteiger partial charge in [-0.2, -0.15) is 0 Å². The van der Waals surface area contributed by atoms with Crippen molar-refractivity contribution in [3.8, 4) is 0 Å². The summed E-state index contributed by atoms with van der Waals surface area (Å²) in [4.78, 5) is 19.3. The van der Waals surface area contributed by atoms with Crippen molar-refractivity contribution >= 4 is 5.91 Å². The Labute approximate surface area is 162 Å². The van der Waals surface area contributed by atoms with Gasteiger partial charge < -0.3 is 5.32 Å². The molecule has 4 heteroatoms. The second-order valence-electron chi connectivity index (χ2n) is 7.91. The van der Waals surface area contributed by atoms with Gasteiger partial charge in [0.15, 0.2) is 0 Å². The monoisotopic (exact) mass is 363 g/mol. The van der Waals surface area contributed by atoms with Crippen molar-refractivity contribution in [3.63, 3.8) is 0 Å². The molecule has 1 saturated carbocycles. The first-order chi connectivity index (χ1) is 13.3. The zero-order valence-corrected chi connectivity index (χ0v) is 15.9. The molecule has 0 radical (unpaired) electrons. The van der Waals surface area contributed by atoms with Crippen molar-refractivity contribution in [2.75, 3.05) is 13.1 Å². The number of carbonyl (C=O) groups is 1. The lowest BCUT2D eigenvalue weighted by atomic mass is 10.1. The fourth-order valence-electron chi connectivity index (χ4n) is 4.18. The Morgan fingerprint density at radius 3 is 2.56 bits per heavy atom. The SMILES string of the molecule is O=C(NCc1ccccc1CN1CCCCCC1)C1CC1c1cccnc1. The average Bonchev–Trinajstić information content (AvgIpc) is 3.53. The number of aromatic nitrogens is 1. The van der Waals surface area contributed by atoms with Crippen LogP contribution in [0.2, 0.25) is 0 Å². The van der Waals surface area contributed by atoms with Gasteiger partial charge in [-0.05, 0) is 61.0 Å². The molecule has 2 atom stereocenters. The Morgan fingerprint density at radius 2 is 1.81 bits per heavy atom. The Balaban J connectivity index is 1.33. The van der Waals surface area contributed by atoms with Crippen LogP contribution in [0.4, 0.5) is 0 Å². The van der Waals surface area contributed by atoms with Gasteiger partial charge in [0, 0.05) is 31.4 Å². The molecule has 2 heterocycles. The van der Waals surface area contributed by atoms with Crippen molar-refractivity contribution in [3.05, 3.63) is 65.5 Å². The highest BCUT2D eigenvalue weighted by Gasteiger charge is 2.43. The average molecular weight is 364 g/mol. The maximum absolute atomic E-state index is 12.6. The van der Waals surface area contributed by atoms with Gasteiger partial charge >= 0.3 is 0 Å². The first-order valence-electron chi connectivity index (χ1n) is 10.3. The molecule has 2 aliphatic rings. The third kappa shape index (κ3) is 4.75. The van der Waals surface area contributed by atoms with E-state index in [0.717, 1.165) is 13.0 Å². The van der Waals surface area contributed by atoms with Gasteiger partial charge in [0.25, 0.3) is 0 Å². The van der Waals surface area contributed by atoms with E-state index in [1.807, 2.05) is 12.3 Å². The first kappa shape index (κ1) is 18.2. The van der Waals surface area contributed by atoms with Crippen LogP contribution in [0.1, 0.15) is 54.7 Å². The molecule has 1 saturated heterocycles. The minimum atomic E-state index is 0.104. The van der Waals surface area contributed by atoms with Crippen molar-refractivity contribution in [2.24, 2.45) is 5.92 Å². The standard InChI is InChI=1S/C23H29N3O/c27-23(22-14-21(22)19-10-7-11-24-15-19)25-16-18-8-3-4-9-20(18)17-26-12-5-1-2-6-13-26/h3-4,7-11,15,21-22H,1-2,5-6,12-14,16-17H2,(H,25,27). The Morgan fingerprint density at radius 1 is 1.04 bits per heavy atom. The number of benzene rings is 1. The fraction of sp³-hybridized carbons (Fsp3) is 0.478. The number of pyridine rings is 1. The highest BCUT2D eigenvalue weighted by Crippen LogP contribution is 2.47. The molecule has 1 amide bonds. The molecule has 1 aromatic heterocycles. The van der Waals surface area contributed by atoms with E-state index >= 15 is 0 Å². The first-order valence-corrected chi connectivity index (χ1v) is 10.3. The van der Waals surface area contributed by atoms with Gasteiger partial charge in [-0.15, -0.1) is 0 Å². The molecule has 27 heavy (non-hydrogen) atoms. The lowest BCUT2D eigenvalue weighted by molar-refractivity contribution is -0.122. The second kappa shape index (κ2) is 8.66. The zero-order valence-electron chi connectivity index (χ0n) is 15.9. The number of amides is 1. The molecule has 4 rings (SSSR count). The van der Waals surface area contributed by atoms with Gasteiger partial charge in [-0.25, -0.2) is 0 Å². The van der Waals surface area contributed by atoms with Gasteiger partial charge in [0.2, 0.25) is 5.91 Å². The smallest absolute Gasteiger partial charge is 0.224 e. The molecule has 2 unspecified atom stereocenters. The number of hydrogen-bond donors (Lipinski definition) is 1. The van der Waals surface area contributed by atoms with Crippen LogP contribution < -0.4 is 5.32 Å². The van der Waals surface area contributed by atoms with Crippen LogP contribution in [-0.2, 0) is 17.9 Å². The molecular formula is C23H29N3O. The summed E-state index contributed by atoms with van der Waals surface area (Å²) in [7, 11) is 0. The molecule has 1 aromatic carbocycles. The van der Waals surface area contributed by atoms with E-state index in [0.29, 0.717) is 12.5 Å². The maximum Gasteiger partial charge on any atom is 0.224 e. The Hall–Kier alpha value is -2.20. The predicted octanol–water partition coefficient (Wildman–Crippen LogP) is 3.88. The van der Waals surface area contributed by atoms with Crippen molar-refractivity contribution in [2.45, 2.75) is 51.1 Å². The van der Waals surface area contributed by atoms with Crippen molar-refractivity contribution in [1.82, 2.24) is 15.2 Å². The molecule has 0 spiro atoms. The summed E-state index contributed by atoms with van der Waals surface area (Å²) < 4.78 is 0. The van der Waals surface area contributed by atoms with E-state index in [9.17, 15) is 4.79 Å². The molecule has 2 aromatic rings. The Kier molecular flexibility index (Phi) is 5.83. The summed E-state index contributed by atoms with van der Waals surface area (Å²) in [6.07, 6.45) is 9.91. The van der Waals surface area contributed by atoms with Crippen molar-refractivity contribution < 1.29 is 4.79 Å². The molecule has 142 valence electrons. The number of nitrogens with zero attached hydrogens (tertiary/aromatic N) is 2. The predicted molar refractivity (Wildman–Crippen MR) is 107 cm³/mol. The minimum Gasteiger partial charge on any atom is -0.352 e.